The van der Waals surface area contributed by atoms with E-state index in [-0.39, 0.29) is 5.02 Å². The lowest BCUT2D eigenvalue weighted by atomic mass is 10.1. The van der Waals surface area contributed by atoms with Gasteiger partial charge in [-0.25, -0.2) is 13.6 Å². The van der Waals surface area contributed by atoms with Crippen molar-refractivity contribution in [2.45, 2.75) is 20.8 Å². The van der Waals surface area contributed by atoms with Gasteiger partial charge >= 0.3 is 6.03 Å². The lowest BCUT2D eigenvalue weighted by molar-refractivity contribution is 0.0959. The Morgan fingerprint density at radius 1 is 1.00 bits per heavy atom. The SMILES string of the molecule is Cc1cc(Br)ccc1Oc1c(C)cc(NC(=O)NC(=O)c2c(F)cccc2F)c(C)c1Cl. The first-order valence-electron chi connectivity index (χ1n) is 9.38. The zero-order valence-corrected chi connectivity index (χ0v) is 19.6. The Labute approximate surface area is 196 Å². The van der Waals surface area contributed by atoms with Crippen molar-refractivity contribution in [2.75, 3.05) is 5.32 Å². The number of hydrogen-bond donors (Lipinski definition) is 2. The summed E-state index contributed by atoms with van der Waals surface area (Å²) in [6, 6.07) is 9.18. The molecule has 3 rings (SSSR count). The topological polar surface area (TPSA) is 67.4 Å². The fourth-order valence-corrected chi connectivity index (χ4v) is 3.74. The molecule has 0 fully saturated rings. The third-order valence-corrected chi connectivity index (χ3v) is 5.61. The van der Waals surface area contributed by atoms with Gasteiger partial charge in [-0.1, -0.05) is 33.6 Å². The van der Waals surface area contributed by atoms with E-state index in [9.17, 15) is 18.4 Å². The molecule has 0 atom stereocenters. The molecule has 3 amide bonds. The second-order valence-electron chi connectivity index (χ2n) is 7.03. The number of rotatable bonds is 4. The number of halogens is 4. The molecular weight excluding hydrogens is 506 g/mol. The summed E-state index contributed by atoms with van der Waals surface area (Å²) in [6.45, 7) is 5.31. The molecule has 0 radical (unpaired) electrons. The number of nitrogens with one attached hydrogen (secondary N) is 2. The third-order valence-electron chi connectivity index (χ3n) is 4.67. The maximum atomic E-state index is 13.8. The zero-order chi connectivity index (χ0) is 23.6. The molecule has 32 heavy (non-hydrogen) atoms. The molecule has 0 aliphatic rings. The first-order valence-corrected chi connectivity index (χ1v) is 10.6. The van der Waals surface area contributed by atoms with Crippen LogP contribution >= 0.6 is 27.5 Å². The number of imide groups is 1. The summed E-state index contributed by atoms with van der Waals surface area (Å²) in [5.41, 5.74) is 1.48. The molecule has 0 spiro atoms. The Hall–Kier alpha value is -2.97. The van der Waals surface area contributed by atoms with Crippen molar-refractivity contribution in [3.05, 3.63) is 85.8 Å². The van der Waals surface area contributed by atoms with Crippen molar-refractivity contribution in [2.24, 2.45) is 0 Å². The summed E-state index contributed by atoms with van der Waals surface area (Å²) in [7, 11) is 0. The predicted molar refractivity (Wildman–Crippen MR) is 123 cm³/mol. The average molecular weight is 524 g/mol. The minimum atomic E-state index is -1.20. The van der Waals surface area contributed by atoms with Crippen LogP contribution in [-0.2, 0) is 0 Å². The van der Waals surface area contributed by atoms with Crippen molar-refractivity contribution in [3.63, 3.8) is 0 Å². The molecule has 3 aromatic rings. The molecule has 0 aliphatic carbocycles. The molecular formula is C23H18BrClF2N2O3. The molecule has 9 heteroatoms. The first kappa shape index (κ1) is 23.7. The predicted octanol–water partition coefficient (Wildman–Crippen LogP) is 7.06. The van der Waals surface area contributed by atoms with E-state index in [1.165, 1.54) is 0 Å². The van der Waals surface area contributed by atoms with Crippen LogP contribution in [0, 0.1) is 32.4 Å². The Balaban J connectivity index is 1.80. The monoisotopic (exact) mass is 522 g/mol. The van der Waals surface area contributed by atoms with Crippen LogP contribution in [0.15, 0.2) is 46.9 Å². The van der Waals surface area contributed by atoms with Crippen molar-refractivity contribution < 1.29 is 23.1 Å². The summed E-state index contributed by atoms with van der Waals surface area (Å²) in [6.07, 6.45) is 0. The fraction of sp³-hybridized carbons (Fsp3) is 0.130. The molecule has 3 aromatic carbocycles. The molecule has 0 saturated heterocycles. The molecule has 0 unspecified atom stereocenters. The van der Waals surface area contributed by atoms with E-state index in [0.717, 1.165) is 28.2 Å². The maximum absolute atomic E-state index is 13.8. The van der Waals surface area contributed by atoms with Crippen LogP contribution in [-0.4, -0.2) is 11.9 Å². The Kier molecular flexibility index (Phi) is 7.16. The summed E-state index contributed by atoms with van der Waals surface area (Å²) in [5, 5.41) is 4.66. The average Bonchev–Trinajstić information content (AvgIpc) is 2.70. The van der Waals surface area contributed by atoms with Crippen LogP contribution in [0.1, 0.15) is 27.0 Å². The highest BCUT2D eigenvalue weighted by atomic mass is 79.9. The highest BCUT2D eigenvalue weighted by Gasteiger charge is 2.21. The van der Waals surface area contributed by atoms with Gasteiger partial charge in [-0.3, -0.25) is 10.1 Å². The molecule has 0 heterocycles. The lowest BCUT2D eigenvalue weighted by Gasteiger charge is -2.17. The van der Waals surface area contributed by atoms with Gasteiger partial charge in [0, 0.05) is 10.2 Å². The second-order valence-corrected chi connectivity index (χ2v) is 8.32. The van der Waals surface area contributed by atoms with Gasteiger partial charge in [-0.2, -0.15) is 0 Å². The number of benzene rings is 3. The molecule has 0 aromatic heterocycles. The Morgan fingerprint density at radius 2 is 1.66 bits per heavy atom. The number of urea groups is 1. The van der Waals surface area contributed by atoms with E-state index >= 15 is 0 Å². The molecule has 0 saturated carbocycles. The largest absolute Gasteiger partial charge is 0.455 e. The molecule has 0 bridgehead atoms. The van der Waals surface area contributed by atoms with E-state index in [4.69, 9.17) is 16.3 Å². The third kappa shape index (κ3) is 5.08. The van der Waals surface area contributed by atoms with Crippen molar-refractivity contribution in [1.82, 2.24) is 5.32 Å². The van der Waals surface area contributed by atoms with E-state index in [2.05, 4.69) is 21.2 Å². The van der Waals surface area contributed by atoms with Crippen molar-refractivity contribution in [3.8, 4) is 11.5 Å². The van der Waals surface area contributed by atoms with Crippen LogP contribution in [0.4, 0.5) is 19.3 Å². The quantitative estimate of drug-likeness (QED) is 0.385. The van der Waals surface area contributed by atoms with Gasteiger partial charge in [0.05, 0.1) is 5.02 Å². The van der Waals surface area contributed by atoms with Crippen LogP contribution in [0.3, 0.4) is 0 Å². The van der Waals surface area contributed by atoms with Crippen LogP contribution in [0.5, 0.6) is 11.5 Å². The summed E-state index contributed by atoms with van der Waals surface area (Å²) in [5.74, 6) is -2.31. The molecule has 0 aliphatic heterocycles. The Bertz CT molecular complexity index is 1210. The van der Waals surface area contributed by atoms with Gasteiger partial charge in [-0.05, 0) is 73.9 Å². The van der Waals surface area contributed by atoms with Gasteiger partial charge in [0.15, 0.2) is 0 Å². The molecule has 166 valence electrons. The van der Waals surface area contributed by atoms with E-state index < -0.39 is 29.1 Å². The van der Waals surface area contributed by atoms with Crippen molar-refractivity contribution in [1.29, 1.82) is 0 Å². The minimum Gasteiger partial charge on any atom is -0.455 e. The van der Waals surface area contributed by atoms with E-state index in [0.29, 0.717) is 28.3 Å². The second kappa shape index (κ2) is 9.67. The number of anilines is 1. The van der Waals surface area contributed by atoms with E-state index in [1.54, 1.807) is 26.0 Å². The summed E-state index contributed by atoms with van der Waals surface area (Å²) < 4.78 is 34.4. The number of carbonyl (C=O) groups is 2. The van der Waals surface area contributed by atoms with Crippen molar-refractivity contribution >= 4 is 45.2 Å². The van der Waals surface area contributed by atoms with Crippen LogP contribution in [0.25, 0.3) is 0 Å². The Morgan fingerprint density at radius 3 is 2.28 bits per heavy atom. The smallest absolute Gasteiger partial charge is 0.326 e. The van der Waals surface area contributed by atoms with Crippen LogP contribution in [0.2, 0.25) is 5.02 Å². The van der Waals surface area contributed by atoms with Gasteiger partial charge in [0.2, 0.25) is 0 Å². The highest BCUT2D eigenvalue weighted by molar-refractivity contribution is 9.10. The van der Waals surface area contributed by atoms with Gasteiger partial charge in [0.1, 0.15) is 28.7 Å². The summed E-state index contributed by atoms with van der Waals surface area (Å²) >= 11 is 9.89. The number of carbonyl (C=O) groups excluding carboxylic acids is 2. The van der Waals surface area contributed by atoms with Gasteiger partial charge < -0.3 is 10.1 Å². The molecule has 5 nitrogen and oxygen atoms in total. The number of ether oxygens (including phenoxy) is 1. The van der Waals surface area contributed by atoms with Gasteiger partial charge in [-0.15, -0.1) is 0 Å². The van der Waals surface area contributed by atoms with E-state index in [1.807, 2.05) is 24.4 Å². The normalized spacial score (nSPS) is 10.6. The van der Waals surface area contributed by atoms with Crippen LogP contribution < -0.4 is 15.4 Å². The highest BCUT2D eigenvalue weighted by Crippen LogP contribution is 2.40. The maximum Gasteiger partial charge on any atom is 0.326 e. The number of hydrogen-bond acceptors (Lipinski definition) is 3. The minimum absolute atomic E-state index is 0.272. The summed E-state index contributed by atoms with van der Waals surface area (Å²) in [4.78, 5) is 24.4. The first-order chi connectivity index (χ1) is 15.1. The van der Waals surface area contributed by atoms with Gasteiger partial charge in [0.25, 0.3) is 5.91 Å². The molecule has 2 N–H and O–H groups in total. The number of aryl methyl sites for hydroxylation is 2. The number of amides is 3. The lowest BCUT2D eigenvalue weighted by Crippen LogP contribution is -2.35. The standard InChI is InChI=1S/C23H18BrClF2N2O3/c1-11-9-14(24)7-8-18(11)32-21-12(2)10-17(13(3)20(21)25)28-23(31)29-22(30)19-15(26)5-4-6-16(19)27/h4-10H,1-3H3,(H2,28,29,30,31). The fourth-order valence-electron chi connectivity index (χ4n) is 2.98. The zero-order valence-electron chi connectivity index (χ0n) is 17.3.